The number of imidazole rings is 1. The number of carbonyl (C=O) groups is 1. The fourth-order valence-corrected chi connectivity index (χ4v) is 2.61. The molecule has 0 bridgehead atoms. The summed E-state index contributed by atoms with van der Waals surface area (Å²) in [5.41, 5.74) is 2.46. The molecule has 1 unspecified atom stereocenters. The number of carbonyl (C=O) groups excluding carboxylic acids is 1. The van der Waals surface area contributed by atoms with E-state index in [1.54, 1.807) is 6.33 Å². The molecule has 1 aliphatic rings. The molecular weight excluding hydrogens is 240 g/mol. The van der Waals surface area contributed by atoms with Crippen LogP contribution in [0.1, 0.15) is 16.8 Å². The van der Waals surface area contributed by atoms with Crippen molar-refractivity contribution in [3.8, 4) is 0 Å². The largest absolute Gasteiger partial charge is 0.352 e. The average molecular weight is 258 g/mol. The quantitative estimate of drug-likeness (QED) is 0.871. The Morgan fingerprint density at radius 3 is 3.26 bits per heavy atom. The predicted octanol–water partition coefficient (Wildman–Crippen LogP) is 1.24. The smallest absolute Gasteiger partial charge is 0.251 e. The third kappa shape index (κ3) is 2.61. The monoisotopic (exact) mass is 258 g/mol. The Balaban J connectivity index is 1.63. The van der Waals surface area contributed by atoms with Crippen LogP contribution in [0.5, 0.6) is 0 Å². The van der Waals surface area contributed by atoms with E-state index in [1.807, 2.05) is 18.2 Å². The number of aromatic amines is 1. The third-order valence-electron chi connectivity index (χ3n) is 3.72. The van der Waals surface area contributed by atoms with Gasteiger partial charge in [-0.05, 0) is 44.1 Å². The van der Waals surface area contributed by atoms with E-state index >= 15 is 0 Å². The standard InChI is InChI=1S/C14H18N4O/c1-18-5-4-10(8-18)7-15-14(19)11-2-3-12-13(6-11)17-9-16-12/h2-3,6,9-10H,4-5,7-8H2,1H3,(H,15,19)(H,16,17). The fraction of sp³-hybridized carbons (Fsp3) is 0.429. The fourth-order valence-electron chi connectivity index (χ4n) is 2.61. The van der Waals surface area contributed by atoms with Gasteiger partial charge in [0.25, 0.3) is 5.91 Å². The van der Waals surface area contributed by atoms with E-state index in [2.05, 4.69) is 27.2 Å². The van der Waals surface area contributed by atoms with Gasteiger partial charge in [-0.25, -0.2) is 4.98 Å². The molecular formula is C14H18N4O. The first-order valence-electron chi connectivity index (χ1n) is 6.62. The van der Waals surface area contributed by atoms with Crippen LogP contribution < -0.4 is 5.32 Å². The second-order valence-corrected chi connectivity index (χ2v) is 5.26. The Kier molecular flexibility index (Phi) is 3.21. The van der Waals surface area contributed by atoms with Crippen molar-refractivity contribution < 1.29 is 4.79 Å². The first-order chi connectivity index (χ1) is 9.22. The molecule has 0 spiro atoms. The number of fused-ring (bicyclic) bond motifs is 1. The minimum absolute atomic E-state index is 0.00828. The molecule has 1 aliphatic heterocycles. The van der Waals surface area contributed by atoms with Gasteiger partial charge in [-0.1, -0.05) is 0 Å². The van der Waals surface area contributed by atoms with Gasteiger partial charge in [0.2, 0.25) is 0 Å². The van der Waals surface area contributed by atoms with Gasteiger partial charge in [0.15, 0.2) is 0 Å². The number of hydrogen-bond donors (Lipinski definition) is 2. The van der Waals surface area contributed by atoms with Crippen LogP contribution in [-0.4, -0.2) is 47.5 Å². The molecule has 2 heterocycles. The molecule has 2 aromatic rings. The summed E-state index contributed by atoms with van der Waals surface area (Å²) in [5.74, 6) is 0.566. The molecule has 1 amide bonds. The number of hydrogen-bond acceptors (Lipinski definition) is 3. The summed E-state index contributed by atoms with van der Waals surface area (Å²) in [4.78, 5) is 21.6. The second-order valence-electron chi connectivity index (χ2n) is 5.26. The lowest BCUT2D eigenvalue weighted by Crippen LogP contribution is -2.30. The van der Waals surface area contributed by atoms with Crippen molar-refractivity contribution in [3.05, 3.63) is 30.1 Å². The highest BCUT2D eigenvalue weighted by atomic mass is 16.1. The number of likely N-dealkylation sites (tertiary alicyclic amines) is 1. The Hall–Kier alpha value is -1.88. The highest BCUT2D eigenvalue weighted by Gasteiger charge is 2.20. The lowest BCUT2D eigenvalue weighted by molar-refractivity contribution is 0.0947. The number of H-pyrrole nitrogens is 1. The second kappa shape index (κ2) is 5.01. The van der Waals surface area contributed by atoms with Crippen LogP contribution in [0.15, 0.2) is 24.5 Å². The molecule has 1 fully saturated rings. The molecule has 0 radical (unpaired) electrons. The molecule has 5 heteroatoms. The summed E-state index contributed by atoms with van der Waals surface area (Å²) in [6, 6.07) is 5.53. The topological polar surface area (TPSA) is 61.0 Å². The van der Waals surface area contributed by atoms with Crippen molar-refractivity contribution in [3.63, 3.8) is 0 Å². The first kappa shape index (κ1) is 12.2. The van der Waals surface area contributed by atoms with E-state index in [-0.39, 0.29) is 5.91 Å². The summed E-state index contributed by atoms with van der Waals surface area (Å²) in [6.45, 7) is 2.95. The van der Waals surface area contributed by atoms with Crippen LogP contribution in [-0.2, 0) is 0 Å². The maximum atomic E-state index is 12.1. The number of rotatable bonds is 3. The molecule has 3 rings (SSSR count). The van der Waals surface area contributed by atoms with Gasteiger partial charge in [0.05, 0.1) is 17.4 Å². The first-order valence-corrected chi connectivity index (χ1v) is 6.62. The Labute approximate surface area is 112 Å². The molecule has 1 aromatic heterocycles. The van der Waals surface area contributed by atoms with Crippen molar-refractivity contribution in [2.75, 3.05) is 26.7 Å². The Morgan fingerprint density at radius 1 is 1.58 bits per heavy atom. The highest BCUT2D eigenvalue weighted by Crippen LogP contribution is 2.14. The van der Waals surface area contributed by atoms with E-state index in [0.717, 1.165) is 37.1 Å². The minimum atomic E-state index is -0.00828. The van der Waals surface area contributed by atoms with Crippen molar-refractivity contribution in [2.24, 2.45) is 5.92 Å². The Bertz CT molecular complexity index is 592. The van der Waals surface area contributed by atoms with Crippen molar-refractivity contribution in [1.82, 2.24) is 20.2 Å². The maximum absolute atomic E-state index is 12.1. The van der Waals surface area contributed by atoms with Crippen molar-refractivity contribution in [1.29, 1.82) is 0 Å². The molecule has 2 N–H and O–H groups in total. The zero-order chi connectivity index (χ0) is 13.2. The summed E-state index contributed by atoms with van der Waals surface area (Å²) < 4.78 is 0. The summed E-state index contributed by atoms with van der Waals surface area (Å²) >= 11 is 0. The molecule has 0 aliphatic carbocycles. The normalized spacial score (nSPS) is 19.9. The van der Waals surface area contributed by atoms with E-state index in [0.29, 0.717) is 11.5 Å². The van der Waals surface area contributed by atoms with Gasteiger partial charge in [0.1, 0.15) is 0 Å². The van der Waals surface area contributed by atoms with Crippen LogP contribution in [0.3, 0.4) is 0 Å². The maximum Gasteiger partial charge on any atom is 0.251 e. The number of amides is 1. The zero-order valence-corrected chi connectivity index (χ0v) is 11.0. The number of nitrogens with zero attached hydrogens (tertiary/aromatic N) is 2. The van der Waals surface area contributed by atoms with Crippen LogP contribution in [0.4, 0.5) is 0 Å². The van der Waals surface area contributed by atoms with E-state index < -0.39 is 0 Å². The molecule has 1 aromatic carbocycles. The van der Waals surface area contributed by atoms with Crippen molar-refractivity contribution >= 4 is 16.9 Å². The third-order valence-corrected chi connectivity index (χ3v) is 3.72. The lowest BCUT2D eigenvalue weighted by atomic mass is 10.1. The molecule has 0 saturated carbocycles. The van der Waals surface area contributed by atoms with Gasteiger partial charge >= 0.3 is 0 Å². The van der Waals surface area contributed by atoms with E-state index in [1.165, 1.54) is 0 Å². The molecule has 100 valence electrons. The predicted molar refractivity (Wildman–Crippen MR) is 74.0 cm³/mol. The van der Waals surface area contributed by atoms with Crippen LogP contribution >= 0.6 is 0 Å². The zero-order valence-electron chi connectivity index (χ0n) is 11.0. The van der Waals surface area contributed by atoms with Gasteiger partial charge in [-0.15, -0.1) is 0 Å². The van der Waals surface area contributed by atoms with Gasteiger partial charge < -0.3 is 15.2 Å². The van der Waals surface area contributed by atoms with E-state index in [9.17, 15) is 4.79 Å². The SMILES string of the molecule is CN1CCC(CNC(=O)c2ccc3nc[nH]c3c2)C1. The molecule has 19 heavy (non-hydrogen) atoms. The van der Waals surface area contributed by atoms with Gasteiger partial charge in [0, 0.05) is 18.7 Å². The van der Waals surface area contributed by atoms with E-state index in [4.69, 9.17) is 0 Å². The highest BCUT2D eigenvalue weighted by molar-refractivity contribution is 5.97. The van der Waals surface area contributed by atoms with Crippen LogP contribution in [0.25, 0.3) is 11.0 Å². The lowest BCUT2D eigenvalue weighted by Gasteiger charge is -2.11. The molecule has 1 saturated heterocycles. The summed E-state index contributed by atoms with van der Waals surface area (Å²) in [7, 11) is 2.12. The molecule has 1 atom stereocenters. The van der Waals surface area contributed by atoms with Crippen LogP contribution in [0, 0.1) is 5.92 Å². The molecule has 5 nitrogen and oxygen atoms in total. The van der Waals surface area contributed by atoms with Crippen molar-refractivity contribution in [2.45, 2.75) is 6.42 Å². The average Bonchev–Trinajstić information content (AvgIpc) is 3.03. The minimum Gasteiger partial charge on any atom is -0.352 e. The van der Waals surface area contributed by atoms with Crippen LogP contribution in [0.2, 0.25) is 0 Å². The van der Waals surface area contributed by atoms with Gasteiger partial charge in [-0.3, -0.25) is 4.79 Å². The summed E-state index contributed by atoms with van der Waals surface area (Å²) in [5, 5.41) is 3.02. The van der Waals surface area contributed by atoms with Gasteiger partial charge in [-0.2, -0.15) is 0 Å². The summed E-state index contributed by atoms with van der Waals surface area (Å²) in [6.07, 6.45) is 2.80. The Morgan fingerprint density at radius 2 is 2.47 bits per heavy atom. The number of aromatic nitrogens is 2. The number of nitrogens with one attached hydrogen (secondary N) is 2. The number of benzene rings is 1.